The zero-order valence-electron chi connectivity index (χ0n) is 14.4. The lowest BCUT2D eigenvalue weighted by Gasteiger charge is -2.37. The Morgan fingerprint density at radius 3 is 2.58 bits per heavy atom. The third-order valence-corrected chi connectivity index (χ3v) is 5.11. The minimum Gasteiger partial charge on any atom is -0.356 e. The Morgan fingerprint density at radius 1 is 1.08 bits per heavy atom. The summed E-state index contributed by atoms with van der Waals surface area (Å²) in [5.41, 5.74) is 0.131. The van der Waals surface area contributed by atoms with Crippen LogP contribution in [0.4, 0.5) is 0 Å². The van der Waals surface area contributed by atoms with Gasteiger partial charge in [-0.2, -0.15) is 0 Å². The number of aryl methyl sites for hydroxylation is 1. The highest BCUT2D eigenvalue weighted by atomic mass is 16.1. The van der Waals surface area contributed by atoms with Crippen LogP contribution in [0.25, 0.3) is 0 Å². The van der Waals surface area contributed by atoms with Crippen LogP contribution in [-0.4, -0.2) is 26.6 Å². The van der Waals surface area contributed by atoms with Crippen LogP contribution in [-0.2, 0) is 17.9 Å². The maximum absolute atomic E-state index is 12.5. The van der Waals surface area contributed by atoms with E-state index in [1.54, 1.807) is 6.20 Å². The van der Waals surface area contributed by atoms with Gasteiger partial charge in [0.1, 0.15) is 0 Å². The second-order valence-corrected chi connectivity index (χ2v) is 7.10. The first kappa shape index (κ1) is 16.8. The number of hydrogen-bond donors (Lipinski definition) is 1. The minimum atomic E-state index is 0.131. The normalized spacial score (nSPS) is 16.8. The highest BCUT2D eigenvalue weighted by Gasteiger charge is 2.34. The smallest absolute Gasteiger partial charge is 0.220 e. The van der Waals surface area contributed by atoms with E-state index >= 15 is 0 Å². The van der Waals surface area contributed by atoms with Gasteiger partial charge >= 0.3 is 0 Å². The monoisotopic (exact) mass is 328 g/mol. The minimum absolute atomic E-state index is 0.131. The first-order chi connectivity index (χ1) is 11.8. The first-order valence-electron chi connectivity index (χ1n) is 9.09. The molecule has 130 valence electrons. The average molecular weight is 328 g/mol. The number of hydrogen-bond acceptors (Lipinski definition) is 2. The van der Waals surface area contributed by atoms with E-state index in [1.807, 2.05) is 17.1 Å². The predicted octanol–water partition coefficient (Wildman–Crippen LogP) is 3.23. The molecule has 1 amide bonds. The van der Waals surface area contributed by atoms with E-state index in [4.69, 9.17) is 0 Å². The van der Waals surface area contributed by atoms with Crippen LogP contribution in [0.15, 0.2) is 43.2 Å². The predicted molar refractivity (Wildman–Crippen MR) is 94.4 cm³/mol. The quantitative estimate of drug-likeness (QED) is 0.756. The molecule has 1 aliphatic rings. The maximum Gasteiger partial charge on any atom is 0.220 e. The van der Waals surface area contributed by atoms with Crippen molar-refractivity contribution in [2.24, 2.45) is 5.41 Å². The van der Waals surface area contributed by atoms with Crippen molar-refractivity contribution < 1.29 is 4.79 Å². The fraction of sp³-hybridized carbons (Fsp3) is 0.579. The Morgan fingerprint density at radius 2 is 1.88 bits per heavy atom. The summed E-state index contributed by atoms with van der Waals surface area (Å²) < 4.78 is 4.28. The number of nitrogens with one attached hydrogen (secondary N) is 1. The van der Waals surface area contributed by atoms with Crippen LogP contribution in [0.5, 0.6) is 0 Å². The van der Waals surface area contributed by atoms with Gasteiger partial charge in [0.25, 0.3) is 0 Å². The van der Waals surface area contributed by atoms with E-state index in [9.17, 15) is 4.79 Å². The molecule has 3 rings (SSSR count). The number of carbonyl (C=O) groups is 1. The molecule has 0 unspecified atom stereocenters. The van der Waals surface area contributed by atoms with Crippen molar-refractivity contribution in [3.63, 3.8) is 0 Å². The molecule has 5 nitrogen and oxygen atoms in total. The zero-order chi connectivity index (χ0) is 16.7. The van der Waals surface area contributed by atoms with Gasteiger partial charge in [0.15, 0.2) is 0 Å². The van der Waals surface area contributed by atoms with Crippen LogP contribution in [0, 0.1) is 5.41 Å². The summed E-state index contributed by atoms with van der Waals surface area (Å²) in [5, 5.41) is 3.11. The van der Waals surface area contributed by atoms with Gasteiger partial charge in [0.2, 0.25) is 5.91 Å². The maximum atomic E-state index is 12.5. The molecule has 0 spiro atoms. The number of amides is 1. The molecule has 0 aliphatic heterocycles. The number of carbonyl (C=O) groups excluding carboxylic acids is 1. The summed E-state index contributed by atoms with van der Waals surface area (Å²) in [4.78, 5) is 16.5. The Bertz CT molecular complexity index is 597. The molecule has 0 aromatic carbocycles. The molecule has 5 heteroatoms. The second kappa shape index (κ2) is 8.18. The van der Waals surface area contributed by atoms with Crippen molar-refractivity contribution in [1.29, 1.82) is 0 Å². The summed E-state index contributed by atoms with van der Waals surface area (Å²) in [6, 6.07) is 4.12. The lowest BCUT2D eigenvalue weighted by atomic mass is 9.71. The van der Waals surface area contributed by atoms with Crippen LogP contribution in [0.3, 0.4) is 0 Å². The van der Waals surface area contributed by atoms with E-state index in [2.05, 4.69) is 39.4 Å². The fourth-order valence-corrected chi connectivity index (χ4v) is 3.87. The van der Waals surface area contributed by atoms with Crippen molar-refractivity contribution in [2.75, 3.05) is 6.54 Å². The Labute approximate surface area is 144 Å². The number of rotatable bonds is 8. The Balaban J connectivity index is 1.47. The molecule has 2 aromatic rings. The molecular formula is C19H28N4O. The Kier molecular flexibility index (Phi) is 5.72. The lowest BCUT2D eigenvalue weighted by molar-refractivity contribution is -0.124. The molecule has 0 saturated heterocycles. The molecule has 0 radical (unpaired) electrons. The van der Waals surface area contributed by atoms with Gasteiger partial charge in [0, 0.05) is 50.8 Å². The lowest BCUT2D eigenvalue weighted by Crippen LogP contribution is -2.36. The van der Waals surface area contributed by atoms with E-state index in [0.717, 1.165) is 38.9 Å². The molecule has 2 aromatic heterocycles. The molecule has 1 N–H and O–H groups in total. The molecule has 0 atom stereocenters. The SMILES string of the molecule is O=C(CC1(Cn2cccc2)CCCCC1)NCCCn1ccnc1. The van der Waals surface area contributed by atoms with Gasteiger partial charge in [-0.05, 0) is 36.8 Å². The highest BCUT2D eigenvalue weighted by Crippen LogP contribution is 2.40. The van der Waals surface area contributed by atoms with Gasteiger partial charge < -0.3 is 14.5 Å². The molecule has 0 bridgehead atoms. The summed E-state index contributed by atoms with van der Waals surface area (Å²) >= 11 is 0. The van der Waals surface area contributed by atoms with E-state index in [0.29, 0.717) is 6.42 Å². The molecule has 2 heterocycles. The zero-order valence-corrected chi connectivity index (χ0v) is 14.4. The van der Waals surface area contributed by atoms with Gasteiger partial charge in [-0.1, -0.05) is 19.3 Å². The van der Waals surface area contributed by atoms with Crippen LogP contribution < -0.4 is 5.32 Å². The fourth-order valence-electron chi connectivity index (χ4n) is 3.87. The van der Waals surface area contributed by atoms with Gasteiger partial charge in [-0.15, -0.1) is 0 Å². The number of nitrogens with zero attached hydrogens (tertiary/aromatic N) is 3. The summed E-state index contributed by atoms with van der Waals surface area (Å²) in [6.45, 7) is 2.59. The van der Waals surface area contributed by atoms with Crippen LogP contribution >= 0.6 is 0 Å². The average Bonchev–Trinajstić information content (AvgIpc) is 3.26. The van der Waals surface area contributed by atoms with Crippen molar-refractivity contribution in [1.82, 2.24) is 19.4 Å². The standard InChI is InChI=1S/C19H28N4O/c24-18(21-9-6-13-23-14-10-20-17-23)15-19(7-2-1-3-8-19)16-22-11-4-5-12-22/h4-5,10-12,14,17H,1-3,6-9,13,15-16H2,(H,21,24). The third kappa shape index (κ3) is 4.73. The largest absolute Gasteiger partial charge is 0.356 e. The van der Waals surface area contributed by atoms with Crippen molar-refractivity contribution >= 4 is 5.91 Å². The Hall–Kier alpha value is -2.04. The van der Waals surface area contributed by atoms with Gasteiger partial charge in [-0.3, -0.25) is 4.79 Å². The highest BCUT2D eigenvalue weighted by molar-refractivity contribution is 5.76. The van der Waals surface area contributed by atoms with Gasteiger partial charge in [-0.25, -0.2) is 4.98 Å². The first-order valence-corrected chi connectivity index (χ1v) is 9.09. The molecule has 1 fully saturated rings. The third-order valence-electron chi connectivity index (χ3n) is 5.11. The molecule has 1 saturated carbocycles. The van der Waals surface area contributed by atoms with Crippen molar-refractivity contribution in [3.8, 4) is 0 Å². The number of aromatic nitrogens is 3. The van der Waals surface area contributed by atoms with Gasteiger partial charge in [0.05, 0.1) is 6.33 Å². The summed E-state index contributed by atoms with van der Waals surface area (Å²) in [5.74, 6) is 0.203. The molecular weight excluding hydrogens is 300 g/mol. The molecule has 1 aliphatic carbocycles. The van der Waals surface area contributed by atoms with E-state index < -0.39 is 0 Å². The van der Waals surface area contributed by atoms with Crippen molar-refractivity contribution in [2.45, 2.75) is 58.0 Å². The van der Waals surface area contributed by atoms with E-state index in [1.165, 1.54) is 19.3 Å². The summed E-state index contributed by atoms with van der Waals surface area (Å²) in [7, 11) is 0. The molecule has 24 heavy (non-hydrogen) atoms. The van der Waals surface area contributed by atoms with Crippen LogP contribution in [0.1, 0.15) is 44.9 Å². The topological polar surface area (TPSA) is 51.9 Å². The summed E-state index contributed by atoms with van der Waals surface area (Å²) in [6.07, 6.45) is 17.5. The number of imidazole rings is 1. The van der Waals surface area contributed by atoms with Crippen LogP contribution in [0.2, 0.25) is 0 Å². The second-order valence-electron chi connectivity index (χ2n) is 7.10. The van der Waals surface area contributed by atoms with E-state index in [-0.39, 0.29) is 11.3 Å². The van der Waals surface area contributed by atoms with Crippen molar-refractivity contribution in [3.05, 3.63) is 43.2 Å².